The fourth-order valence-electron chi connectivity index (χ4n) is 2.51. The van der Waals surface area contributed by atoms with E-state index in [9.17, 15) is 4.79 Å². The summed E-state index contributed by atoms with van der Waals surface area (Å²) in [5.41, 5.74) is 1.52. The number of likely N-dealkylation sites (N-methyl/N-ethyl adjacent to an activating group) is 1. The number of methoxy groups -OCH3 is 1. The van der Waals surface area contributed by atoms with Crippen molar-refractivity contribution in [3.63, 3.8) is 0 Å². The van der Waals surface area contributed by atoms with Crippen molar-refractivity contribution in [1.82, 2.24) is 4.98 Å². The van der Waals surface area contributed by atoms with Gasteiger partial charge in [0.1, 0.15) is 5.75 Å². The number of thiazole rings is 1. The van der Waals surface area contributed by atoms with Crippen molar-refractivity contribution in [2.75, 3.05) is 39.2 Å². The van der Waals surface area contributed by atoms with Crippen LogP contribution in [-0.2, 0) is 0 Å². The number of ether oxygens (including phenoxy) is 1. The molecular weight excluding hydrogens is 334 g/mol. The van der Waals surface area contributed by atoms with E-state index < -0.39 is 0 Å². The summed E-state index contributed by atoms with van der Waals surface area (Å²) in [6.45, 7) is 1.45. The molecule has 0 aliphatic heterocycles. The Balaban J connectivity index is 1.96. The highest BCUT2D eigenvalue weighted by Gasteiger charge is 2.22. The number of quaternary nitrogens is 1. The molecular formula is C19H22N3O2S+. The second kappa shape index (κ2) is 7.63. The molecule has 1 amide bonds. The molecule has 0 unspecified atom stereocenters. The van der Waals surface area contributed by atoms with E-state index in [1.807, 2.05) is 42.5 Å². The zero-order valence-corrected chi connectivity index (χ0v) is 15.5. The molecule has 0 radical (unpaired) electrons. The zero-order valence-electron chi connectivity index (χ0n) is 14.7. The number of hydrogen-bond acceptors (Lipinski definition) is 4. The average Bonchev–Trinajstić information content (AvgIpc) is 3.05. The highest BCUT2D eigenvalue weighted by molar-refractivity contribution is 7.22. The van der Waals surface area contributed by atoms with Gasteiger partial charge in [-0.3, -0.25) is 9.69 Å². The van der Waals surface area contributed by atoms with Crippen LogP contribution >= 0.6 is 11.3 Å². The number of carbonyl (C=O) groups excluding carboxylic acids is 1. The molecule has 1 N–H and O–H groups in total. The molecule has 0 saturated carbocycles. The van der Waals surface area contributed by atoms with Gasteiger partial charge >= 0.3 is 0 Å². The molecule has 1 aromatic heterocycles. The third-order valence-corrected chi connectivity index (χ3v) is 4.97. The summed E-state index contributed by atoms with van der Waals surface area (Å²) >= 11 is 1.54. The van der Waals surface area contributed by atoms with Gasteiger partial charge in [-0.25, -0.2) is 4.98 Å². The first-order valence-corrected chi connectivity index (χ1v) is 9.00. The maximum absolute atomic E-state index is 13.1. The molecule has 0 bridgehead atoms. The number of amides is 1. The molecule has 0 spiro atoms. The number of aromatic nitrogens is 1. The van der Waals surface area contributed by atoms with Crippen LogP contribution in [0.2, 0.25) is 0 Å². The minimum atomic E-state index is -0.0563. The first kappa shape index (κ1) is 17.4. The normalized spacial score (nSPS) is 11.0. The summed E-state index contributed by atoms with van der Waals surface area (Å²) in [6.07, 6.45) is 0. The predicted molar refractivity (Wildman–Crippen MR) is 102 cm³/mol. The van der Waals surface area contributed by atoms with Crippen molar-refractivity contribution in [1.29, 1.82) is 0 Å². The first-order valence-electron chi connectivity index (χ1n) is 8.19. The molecule has 6 heteroatoms. The predicted octanol–water partition coefficient (Wildman–Crippen LogP) is 2.10. The molecule has 0 aliphatic rings. The van der Waals surface area contributed by atoms with Gasteiger partial charge in [0.05, 0.1) is 44.5 Å². The molecule has 3 aromatic rings. The van der Waals surface area contributed by atoms with Crippen molar-refractivity contribution in [3.8, 4) is 5.75 Å². The smallest absolute Gasteiger partial charge is 0.260 e. The molecule has 25 heavy (non-hydrogen) atoms. The molecule has 5 nitrogen and oxygen atoms in total. The quantitative estimate of drug-likeness (QED) is 0.736. The Hall–Kier alpha value is -2.44. The number of nitrogens with zero attached hydrogens (tertiary/aromatic N) is 2. The van der Waals surface area contributed by atoms with Gasteiger partial charge in [0.15, 0.2) is 5.13 Å². The number of anilines is 1. The van der Waals surface area contributed by atoms with Crippen LogP contribution in [0.3, 0.4) is 0 Å². The highest BCUT2D eigenvalue weighted by atomic mass is 32.1. The summed E-state index contributed by atoms with van der Waals surface area (Å²) in [5.74, 6) is 0.618. The van der Waals surface area contributed by atoms with Gasteiger partial charge in [-0.05, 0) is 30.3 Å². The Morgan fingerprint density at radius 3 is 2.72 bits per heavy atom. The third kappa shape index (κ3) is 3.97. The van der Waals surface area contributed by atoms with E-state index in [4.69, 9.17) is 4.74 Å². The molecule has 3 rings (SSSR count). The lowest BCUT2D eigenvalue weighted by Gasteiger charge is -2.21. The van der Waals surface area contributed by atoms with E-state index in [-0.39, 0.29) is 5.91 Å². The summed E-state index contributed by atoms with van der Waals surface area (Å²) < 4.78 is 6.33. The topological polar surface area (TPSA) is 46.9 Å². The number of hydrogen-bond donors (Lipinski definition) is 1. The van der Waals surface area contributed by atoms with Crippen LogP contribution in [0.1, 0.15) is 10.4 Å². The monoisotopic (exact) mass is 356 g/mol. The van der Waals surface area contributed by atoms with Crippen LogP contribution in [0, 0.1) is 0 Å². The average molecular weight is 356 g/mol. The van der Waals surface area contributed by atoms with E-state index >= 15 is 0 Å². The number of para-hydroxylation sites is 1. The Kier molecular flexibility index (Phi) is 5.31. The lowest BCUT2D eigenvalue weighted by atomic mass is 10.2. The number of nitrogens with one attached hydrogen (secondary N) is 1. The van der Waals surface area contributed by atoms with Crippen molar-refractivity contribution >= 4 is 32.6 Å². The summed E-state index contributed by atoms with van der Waals surface area (Å²) in [6, 6.07) is 15.2. The maximum Gasteiger partial charge on any atom is 0.260 e. The number of benzene rings is 2. The SMILES string of the molecule is COc1cccc(C(=O)N(CC[NH+](C)C)c2nc3ccccc3s2)c1. The van der Waals surface area contributed by atoms with Crippen LogP contribution in [-0.4, -0.2) is 45.2 Å². The minimum Gasteiger partial charge on any atom is -0.497 e. The fraction of sp³-hybridized carbons (Fsp3) is 0.263. The van der Waals surface area contributed by atoms with Crippen molar-refractivity contribution in [3.05, 3.63) is 54.1 Å². The lowest BCUT2D eigenvalue weighted by Crippen LogP contribution is -3.06. The number of fused-ring (bicyclic) bond motifs is 1. The van der Waals surface area contributed by atoms with Crippen LogP contribution in [0.25, 0.3) is 10.2 Å². The molecule has 0 aliphatic carbocycles. The fourth-order valence-corrected chi connectivity index (χ4v) is 3.50. The second-order valence-corrected chi connectivity index (χ2v) is 7.12. The summed E-state index contributed by atoms with van der Waals surface area (Å²) in [5, 5.41) is 0.732. The lowest BCUT2D eigenvalue weighted by molar-refractivity contribution is -0.856. The highest BCUT2D eigenvalue weighted by Crippen LogP contribution is 2.29. The second-order valence-electron chi connectivity index (χ2n) is 6.11. The van der Waals surface area contributed by atoms with E-state index in [2.05, 4.69) is 19.1 Å². The van der Waals surface area contributed by atoms with E-state index in [1.54, 1.807) is 29.4 Å². The molecule has 0 fully saturated rings. The van der Waals surface area contributed by atoms with Gasteiger partial charge in [0.2, 0.25) is 0 Å². The summed E-state index contributed by atoms with van der Waals surface area (Å²) in [7, 11) is 5.75. The van der Waals surface area contributed by atoms with Gasteiger partial charge in [-0.1, -0.05) is 29.5 Å². The first-order chi connectivity index (χ1) is 12.1. The van der Waals surface area contributed by atoms with E-state index in [0.717, 1.165) is 21.9 Å². The van der Waals surface area contributed by atoms with Crippen LogP contribution in [0.4, 0.5) is 5.13 Å². The Morgan fingerprint density at radius 2 is 2.00 bits per heavy atom. The minimum absolute atomic E-state index is 0.0563. The number of carbonyl (C=O) groups is 1. The van der Waals surface area contributed by atoms with Crippen LogP contribution in [0.15, 0.2) is 48.5 Å². The Bertz CT molecular complexity index is 843. The van der Waals surface area contributed by atoms with E-state index in [1.165, 1.54) is 4.90 Å². The van der Waals surface area contributed by atoms with Crippen LogP contribution in [0.5, 0.6) is 5.75 Å². The molecule has 0 saturated heterocycles. The molecule has 130 valence electrons. The zero-order chi connectivity index (χ0) is 17.8. The van der Waals surface area contributed by atoms with Gasteiger partial charge < -0.3 is 9.64 Å². The Labute approximate surface area is 151 Å². The Morgan fingerprint density at radius 1 is 1.20 bits per heavy atom. The van der Waals surface area contributed by atoms with Crippen molar-refractivity contribution in [2.45, 2.75) is 0 Å². The maximum atomic E-state index is 13.1. The van der Waals surface area contributed by atoms with Crippen molar-refractivity contribution in [2.24, 2.45) is 0 Å². The van der Waals surface area contributed by atoms with Gasteiger partial charge in [-0.15, -0.1) is 0 Å². The number of rotatable bonds is 6. The van der Waals surface area contributed by atoms with Gasteiger partial charge in [0, 0.05) is 5.56 Å². The standard InChI is InChI=1S/C19H21N3O2S/c1-21(2)11-12-22(18(23)14-7-6-8-15(13-14)24-3)19-20-16-9-4-5-10-17(16)25-19/h4-10,13H,11-12H2,1-3H3/p+1. The third-order valence-electron chi connectivity index (χ3n) is 3.91. The van der Waals surface area contributed by atoms with E-state index in [0.29, 0.717) is 17.9 Å². The molecule has 1 heterocycles. The van der Waals surface area contributed by atoms with Gasteiger partial charge in [0.25, 0.3) is 5.91 Å². The van der Waals surface area contributed by atoms with Crippen LogP contribution < -0.4 is 14.5 Å². The summed E-state index contributed by atoms with van der Waals surface area (Å²) in [4.78, 5) is 20.8. The molecule has 0 atom stereocenters. The molecule has 2 aromatic carbocycles. The largest absolute Gasteiger partial charge is 0.497 e. The van der Waals surface area contributed by atoms with Crippen molar-refractivity contribution < 1.29 is 14.4 Å². The van der Waals surface area contributed by atoms with Gasteiger partial charge in [-0.2, -0.15) is 0 Å².